The fourth-order valence-electron chi connectivity index (χ4n) is 5.45. The summed E-state index contributed by atoms with van der Waals surface area (Å²) in [5.41, 5.74) is 0. The summed E-state index contributed by atoms with van der Waals surface area (Å²) in [6, 6.07) is -0.812. The number of carbonyl (C=O) groups is 1. The Morgan fingerprint density at radius 3 is 1.91 bits per heavy atom. The van der Waals surface area contributed by atoms with Gasteiger partial charge in [0.25, 0.3) is 0 Å². The van der Waals surface area contributed by atoms with Crippen LogP contribution in [0.4, 0.5) is 0 Å². The van der Waals surface area contributed by atoms with Gasteiger partial charge in [-0.15, -0.1) is 0 Å². The largest absolute Gasteiger partial charge is 0.394 e. The van der Waals surface area contributed by atoms with E-state index in [0.29, 0.717) is 12.8 Å². The van der Waals surface area contributed by atoms with Crippen molar-refractivity contribution in [3.05, 3.63) is 0 Å². The van der Waals surface area contributed by atoms with Gasteiger partial charge in [0.05, 0.1) is 32.0 Å². The summed E-state index contributed by atoms with van der Waals surface area (Å²) in [6.07, 6.45) is -5.64. The highest BCUT2D eigenvalue weighted by molar-refractivity contribution is 5.76. The zero-order chi connectivity index (χ0) is 32.6. The summed E-state index contributed by atoms with van der Waals surface area (Å²) >= 11 is 0. The molecule has 12 unspecified atom stereocenters. The lowest BCUT2D eigenvalue weighted by Gasteiger charge is -2.46. The Morgan fingerprint density at radius 1 is 0.727 bits per heavy atom. The molecule has 2 rings (SSSR count). The van der Waals surface area contributed by atoms with Crippen LogP contribution in [0, 0.1) is 0 Å². The molecule has 260 valence electrons. The molecule has 12 atom stereocenters. The molecule has 2 aliphatic heterocycles. The van der Waals surface area contributed by atoms with E-state index < -0.39 is 86.8 Å². The van der Waals surface area contributed by atoms with E-state index in [9.17, 15) is 45.6 Å². The second kappa shape index (κ2) is 21.0. The van der Waals surface area contributed by atoms with Crippen molar-refractivity contribution in [3.63, 3.8) is 0 Å². The van der Waals surface area contributed by atoms with Gasteiger partial charge in [0.1, 0.15) is 48.8 Å². The lowest BCUT2D eigenvalue weighted by molar-refractivity contribution is -0.359. The smallest absolute Gasteiger partial charge is 0.220 e. The molecular weight excluding hydrogens is 582 g/mol. The van der Waals surface area contributed by atoms with Gasteiger partial charge in [0.15, 0.2) is 12.6 Å². The zero-order valence-corrected chi connectivity index (χ0v) is 26.2. The van der Waals surface area contributed by atoms with E-state index in [1.165, 1.54) is 25.7 Å². The molecule has 2 aliphatic rings. The highest BCUT2D eigenvalue weighted by atomic mass is 16.7. The van der Waals surface area contributed by atoms with Crippen molar-refractivity contribution in [3.8, 4) is 0 Å². The minimum atomic E-state index is -1.77. The summed E-state index contributed by atoms with van der Waals surface area (Å²) in [5.74, 6) is -0.248. The summed E-state index contributed by atoms with van der Waals surface area (Å²) in [7, 11) is 0. The van der Waals surface area contributed by atoms with Crippen LogP contribution in [0.25, 0.3) is 0 Å². The van der Waals surface area contributed by atoms with Gasteiger partial charge in [-0.3, -0.25) is 4.79 Å². The third-order valence-electron chi connectivity index (χ3n) is 8.32. The molecule has 0 radical (unpaired) electrons. The van der Waals surface area contributed by atoms with Gasteiger partial charge in [-0.25, -0.2) is 0 Å². The summed E-state index contributed by atoms with van der Waals surface area (Å²) < 4.78 is 22.3. The van der Waals surface area contributed by atoms with Gasteiger partial charge in [0.2, 0.25) is 5.91 Å². The van der Waals surface area contributed by atoms with Crippen LogP contribution < -0.4 is 5.32 Å². The Labute approximate surface area is 260 Å². The molecule has 2 heterocycles. The highest BCUT2D eigenvalue weighted by Crippen LogP contribution is 2.29. The van der Waals surface area contributed by atoms with Crippen molar-refractivity contribution in [2.45, 2.75) is 164 Å². The van der Waals surface area contributed by atoms with E-state index in [1.54, 1.807) is 0 Å². The number of nitrogens with one attached hydrogen (secondary N) is 1. The van der Waals surface area contributed by atoms with Crippen molar-refractivity contribution in [1.29, 1.82) is 0 Å². The Hall–Kier alpha value is -1.01. The number of carbonyl (C=O) groups excluding carboxylic acids is 1. The molecule has 2 fully saturated rings. The van der Waals surface area contributed by atoms with Gasteiger partial charge >= 0.3 is 0 Å². The zero-order valence-electron chi connectivity index (χ0n) is 26.2. The molecule has 0 aliphatic carbocycles. The summed E-state index contributed by atoms with van der Waals surface area (Å²) in [6.45, 7) is 2.49. The van der Waals surface area contributed by atoms with Crippen molar-refractivity contribution in [2.75, 3.05) is 19.8 Å². The molecule has 0 aromatic heterocycles. The highest BCUT2D eigenvalue weighted by Gasteiger charge is 2.50. The Balaban J connectivity index is 1.98. The Bertz CT molecular complexity index is 775. The normalized spacial score (nSPS) is 34.0. The molecular formula is C30H57NO13. The minimum Gasteiger partial charge on any atom is -0.394 e. The van der Waals surface area contributed by atoms with Crippen LogP contribution >= 0.6 is 0 Å². The van der Waals surface area contributed by atoms with E-state index in [2.05, 4.69) is 12.2 Å². The van der Waals surface area contributed by atoms with E-state index in [0.717, 1.165) is 32.1 Å². The van der Waals surface area contributed by atoms with Gasteiger partial charge < -0.3 is 65.1 Å². The lowest BCUT2D eigenvalue weighted by atomic mass is 9.97. The van der Waals surface area contributed by atoms with Gasteiger partial charge in [-0.05, 0) is 12.8 Å². The standard InChI is InChI=1S/C30H57NO13/c1-3-5-7-8-9-10-11-12-13-19(34)18(31-22(35)14-6-4-2)17-41-29-27(40)25(38)28(21(16-33)43-29)44-30-26(39)24(37)23(36)20(15-32)42-30/h18-21,23-30,32-34,36-40H,3-17H2,1-2H3,(H,31,35). The number of aliphatic hydroxyl groups excluding tert-OH is 8. The van der Waals surface area contributed by atoms with Gasteiger partial charge in [-0.2, -0.15) is 0 Å². The molecule has 9 N–H and O–H groups in total. The molecule has 0 aromatic carbocycles. The van der Waals surface area contributed by atoms with E-state index in [4.69, 9.17) is 18.9 Å². The lowest BCUT2D eigenvalue weighted by Crippen LogP contribution is -2.65. The monoisotopic (exact) mass is 639 g/mol. The van der Waals surface area contributed by atoms with Crippen LogP contribution in [0.15, 0.2) is 0 Å². The van der Waals surface area contributed by atoms with Gasteiger partial charge in [0, 0.05) is 6.42 Å². The minimum absolute atomic E-state index is 0.248. The number of hydrogen-bond acceptors (Lipinski definition) is 13. The van der Waals surface area contributed by atoms with Crippen molar-refractivity contribution in [2.24, 2.45) is 0 Å². The van der Waals surface area contributed by atoms with Crippen molar-refractivity contribution < 1.29 is 64.6 Å². The third-order valence-corrected chi connectivity index (χ3v) is 8.32. The molecule has 0 spiro atoms. The number of unbranched alkanes of at least 4 members (excludes halogenated alkanes) is 8. The quantitative estimate of drug-likeness (QED) is 0.0702. The SMILES string of the molecule is CCCCCCCCCCC(O)C(COC1OC(CO)C(OC2OC(CO)C(O)C(O)C2O)C(O)C1O)NC(=O)CCCC. The Morgan fingerprint density at radius 2 is 1.30 bits per heavy atom. The maximum atomic E-state index is 12.5. The van der Waals surface area contributed by atoms with Crippen molar-refractivity contribution in [1.82, 2.24) is 5.32 Å². The second-order valence-electron chi connectivity index (χ2n) is 11.9. The summed E-state index contributed by atoms with van der Waals surface area (Å²) in [4.78, 5) is 12.5. The molecule has 2 saturated heterocycles. The first-order valence-corrected chi connectivity index (χ1v) is 16.3. The predicted molar refractivity (Wildman–Crippen MR) is 157 cm³/mol. The molecule has 0 saturated carbocycles. The van der Waals surface area contributed by atoms with Crippen LogP contribution in [0.2, 0.25) is 0 Å². The number of hydrogen-bond donors (Lipinski definition) is 9. The molecule has 0 aromatic rings. The molecule has 44 heavy (non-hydrogen) atoms. The summed E-state index contributed by atoms with van der Waals surface area (Å²) in [5, 5.41) is 85.1. The number of ether oxygens (including phenoxy) is 4. The van der Waals surface area contributed by atoms with E-state index >= 15 is 0 Å². The number of rotatable bonds is 21. The van der Waals surface area contributed by atoms with E-state index in [-0.39, 0.29) is 18.9 Å². The number of amides is 1. The fourth-order valence-corrected chi connectivity index (χ4v) is 5.45. The average molecular weight is 640 g/mol. The number of aliphatic hydroxyl groups is 8. The first-order chi connectivity index (χ1) is 21.1. The maximum absolute atomic E-state index is 12.5. The van der Waals surface area contributed by atoms with Crippen LogP contribution in [0.1, 0.15) is 90.9 Å². The predicted octanol–water partition coefficient (Wildman–Crippen LogP) is -0.806. The maximum Gasteiger partial charge on any atom is 0.220 e. The van der Waals surface area contributed by atoms with E-state index in [1.807, 2.05) is 6.92 Å². The second-order valence-corrected chi connectivity index (χ2v) is 11.9. The van der Waals surface area contributed by atoms with Crippen LogP contribution in [-0.2, 0) is 23.7 Å². The first-order valence-electron chi connectivity index (χ1n) is 16.3. The van der Waals surface area contributed by atoms with Gasteiger partial charge in [-0.1, -0.05) is 71.6 Å². The Kier molecular flexibility index (Phi) is 18.7. The fraction of sp³-hybridized carbons (Fsp3) is 0.967. The molecule has 14 heteroatoms. The molecule has 1 amide bonds. The van der Waals surface area contributed by atoms with Crippen LogP contribution in [0.5, 0.6) is 0 Å². The first kappa shape index (κ1) is 39.2. The molecule has 14 nitrogen and oxygen atoms in total. The van der Waals surface area contributed by atoms with Crippen LogP contribution in [-0.4, -0.2) is 140 Å². The van der Waals surface area contributed by atoms with Crippen LogP contribution in [0.3, 0.4) is 0 Å². The van der Waals surface area contributed by atoms with Crippen molar-refractivity contribution >= 4 is 5.91 Å². The average Bonchev–Trinajstić information content (AvgIpc) is 3.02. The topological polar surface area (TPSA) is 228 Å². The third kappa shape index (κ3) is 12.0. The molecule has 0 bridgehead atoms.